The Balaban J connectivity index is 2.00. The van der Waals surface area contributed by atoms with Crippen LogP contribution in [0.5, 0.6) is 0 Å². The first-order valence-corrected chi connectivity index (χ1v) is 7.34. The minimum atomic E-state index is 0.0833. The van der Waals surface area contributed by atoms with Crippen molar-refractivity contribution in [2.75, 3.05) is 19.6 Å². The average Bonchev–Trinajstić information content (AvgIpc) is 3.05. The number of carbonyl (C=O) groups excluding carboxylic acids is 3. The molecule has 112 valence electrons. The van der Waals surface area contributed by atoms with Gasteiger partial charge in [-0.05, 0) is 49.4 Å². The maximum Gasteiger partial charge on any atom is 0.234 e. The summed E-state index contributed by atoms with van der Waals surface area (Å²) < 4.78 is 0. The normalized spacial score (nSPS) is 30.9. The molecule has 0 aromatic carbocycles. The number of rotatable bonds is 8. The first kappa shape index (κ1) is 15.5. The molecule has 0 radical (unpaired) electrons. The van der Waals surface area contributed by atoms with Crippen LogP contribution in [0.25, 0.3) is 0 Å². The van der Waals surface area contributed by atoms with Crippen LogP contribution in [0.15, 0.2) is 15.0 Å². The molecular formula is C15H19N3O3. The zero-order chi connectivity index (χ0) is 15.1. The van der Waals surface area contributed by atoms with Gasteiger partial charge in [-0.15, -0.1) is 0 Å². The first-order valence-electron chi connectivity index (χ1n) is 7.34. The molecule has 0 amide bonds. The molecule has 2 fully saturated rings. The van der Waals surface area contributed by atoms with Crippen molar-refractivity contribution in [3.05, 3.63) is 0 Å². The Labute approximate surface area is 123 Å². The summed E-state index contributed by atoms with van der Waals surface area (Å²) in [6.45, 7) is 1.29. The minimum Gasteiger partial charge on any atom is -0.211 e. The molecule has 3 atom stereocenters. The summed E-state index contributed by atoms with van der Waals surface area (Å²) in [5.41, 5.74) is 0.231. The van der Waals surface area contributed by atoms with Crippen LogP contribution in [0, 0.1) is 23.2 Å². The van der Waals surface area contributed by atoms with Gasteiger partial charge < -0.3 is 0 Å². The van der Waals surface area contributed by atoms with E-state index in [9.17, 15) is 14.4 Å². The lowest BCUT2D eigenvalue weighted by Crippen LogP contribution is -2.25. The van der Waals surface area contributed by atoms with Crippen LogP contribution in [0.3, 0.4) is 0 Å². The molecule has 0 aromatic rings. The fraction of sp³-hybridized carbons (Fsp3) is 0.800. The van der Waals surface area contributed by atoms with Crippen LogP contribution in [0.2, 0.25) is 0 Å². The Morgan fingerprint density at radius 3 is 2.29 bits per heavy atom. The van der Waals surface area contributed by atoms with Crippen molar-refractivity contribution in [2.24, 2.45) is 38.1 Å². The van der Waals surface area contributed by atoms with Gasteiger partial charge in [0.25, 0.3) is 0 Å². The van der Waals surface area contributed by atoms with E-state index in [0.717, 1.165) is 25.7 Å². The van der Waals surface area contributed by atoms with Gasteiger partial charge >= 0.3 is 0 Å². The van der Waals surface area contributed by atoms with Crippen molar-refractivity contribution in [3.63, 3.8) is 0 Å². The maximum atomic E-state index is 10.3. The Morgan fingerprint density at radius 1 is 1.00 bits per heavy atom. The largest absolute Gasteiger partial charge is 0.234 e. The van der Waals surface area contributed by atoms with E-state index in [2.05, 4.69) is 15.0 Å². The molecule has 2 saturated carbocycles. The lowest BCUT2D eigenvalue weighted by atomic mass is 9.74. The van der Waals surface area contributed by atoms with E-state index in [4.69, 9.17) is 0 Å². The van der Waals surface area contributed by atoms with E-state index >= 15 is 0 Å². The second-order valence-corrected chi connectivity index (χ2v) is 6.33. The molecule has 2 aliphatic rings. The third kappa shape index (κ3) is 3.83. The summed E-state index contributed by atoms with van der Waals surface area (Å²) in [5.74, 6) is 1.18. The van der Waals surface area contributed by atoms with Crippen LogP contribution < -0.4 is 0 Å². The Bertz CT molecular complexity index is 496. The van der Waals surface area contributed by atoms with Crippen molar-refractivity contribution in [1.29, 1.82) is 0 Å². The van der Waals surface area contributed by atoms with Gasteiger partial charge in [0.05, 0.1) is 19.6 Å². The number of nitrogens with zero attached hydrogens (tertiary/aromatic N) is 3. The predicted octanol–water partition coefficient (Wildman–Crippen LogP) is 1.81. The van der Waals surface area contributed by atoms with E-state index in [-0.39, 0.29) is 11.3 Å². The number of aliphatic imine (C=N–C) groups is 3. The Morgan fingerprint density at radius 2 is 1.67 bits per heavy atom. The molecule has 0 aromatic heterocycles. The number of hydrogen-bond donors (Lipinski definition) is 0. The van der Waals surface area contributed by atoms with E-state index in [1.54, 1.807) is 18.2 Å². The zero-order valence-corrected chi connectivity index (χ0v) is 12.0. The van der Waals surface area contributed by atoms with Crippen LogP contribution in [-0.2, 0) is 14.4 Å². The highest BCUT2D eigenvalue weighted by molar-refractivity contribution is 5.34. The maximum absolute atomic E-state index is 10.3. The minimum absolute atomic E-state index is 0.0833. The second-order valence-electron chi connectivity index (χ2n) is 6.33. The van der Waals surface area contributed by atoms with Gasteiger partial charge in [0.2, 0.25) is 18.2 Å². The van der Waals surface area contributed by atoms with Crippen molar-refractivity contribution in [3.8, 4) is 0 Å². The summed E-state index contributed by atoms with van der Waals surface area (Å²) >= 11 is 0. The first-order chi connectivity index (χ1) is 10.2. The third-order valence-corrected chi connectivity index (χ3v) is 5.04. The van der Waals surface area contributed by atoms with Gasteiger partial charge in [-0.3, -0.25) is 0 Å². The molecule has 6 heteroatoms. The van der Waals surface area contributed by atoms with Gasteiger partial charge in [0.15, 0.2) is 0 Å². The fourth-order valence-corrected chi connectivity index (χ4v) is 4.33. The molecule has 0 N–H and O–H groups in total. The number of hydrogen-bond acceptors (Lipinski definition) is 6. The van der Waals surface area contributed by atoms with Crippen LogP contribution in [-0.4, -0.2) is 37.9 Å². The number of isocyanates is 3. The summed E-state index contributed by atoms with van der Waals surface area (Å²) in [4.78, 5) is 41.9. The van der Waals surface area contributed by atoms with E-state index < -0.39 is 0 Å². The summed E-state index contributed by atoms with van der Waals surface area (Å²) in [6.07, 6.45) is 10.1. The number of fused-ring (bicyclic) bond motifs is 2. The molecular weight excluding hydrogens is 270 g/mol. The molecule has 21 heavy (non-hydrogen) atoms. The SMILES string of the molecule is O=C=NCC(CN=C=O)CC12CCC(C1)C(CN=C=O)C2. The lowest BCUT2D eigenvalue weighted by molar-refractivity contribution is 0.200. The third-order valence-electron chi connectivity index (χ3n) is 5.04. The molecule has 0 aliphatic heterocycles. The van der Waals surface area contributed by atoms with Gasteiger partial charge in [0, 0.05) is 5.92 Å². The summed E-state index contributed by atoms with van der Waals surface area (Å²) in [5, 5.41) is 0. The van der Waals surface area contributed by atoms with Crippen LogP contribution in [0.4, 0.5) is 0 Å². The molecule has 0 saturated heterocycles. The molecule has 0 heterocycles. The highest BCUT2D eigenvalue weighted by Gasteiger charge is 2.50. The lowest BCUT2D eigenvalue weighted by Gasteiger charge is -2.32. The highest BCUT2D eigenvalue weighted by atomic mass is 16.1. The standard InChI is InChI=1S/C15H19N3O3/c19-9-16-6-12(7-17-10-20)3-15-2-1-13(4-15)14(5-15)8-18-11-21/h12-14H,1-8H2. The smallest absolute Gasteiger partial charge is 0.211 e. The van der Waals surface area contributed by atoms with Gasteiger partial charge in [0.1, 0.15) is 0 Å². The molecule has 2 bridgehead atoms. The Kier molecular flexibility index (Phi) is 5.35. The van der Waals surface area contributed by atoms with E-state index in [0.29, 0.717) is 31.5 Å². The van der Waals surface area contributed by atoms with Crippen molar-refractivity contribution < 1.29 is 14.4 Å². The van der Waals surface area contributed by atoms with Crippen LogP contribution in [0.1, 0.15) is 32.1 Å². The van der Waals surface area contributed by atoms with Crippen LogP contribution >= 0.6 is 0 Å². The van der Waals surface area contributed by atoms with Crippen molar-refractivity contribution >= 4 is 18.2 Å². The van der Waals surface area contributed by atoms with Crippen molar-refractivity contribution in [1.82, 2.24) is 0 Å². The highest BCUT2D eigenvalue weighted by Crippen LogP contribution is 2.59. The van der Waals surface area contributed by atoms with Gasteiger partial charge in [-0.25, -0.2) is 29.4 Å². The monoisotopic (exact) mass is 289 g/mol. The fourth-order valence-electron chi connectivity index (χ4n) is 4.33. The zero-order valence-electron chi connectivity index (χ0n) is 12.0. The molecule has 0 spiro atoms. The summed E-state index contributed by atoms with van der Waals surface area (Å²) in [6, 6.07) is 0. The van der Waals surface area contributed by atoms with Gasteiger partial charge in [-0.1, -0.05) is 0 Å². The van der Waals surface area contributed by atoms with E-state index in [1.807, 2.05) is 0 Å². The predicted molar refractivity (Wildman–Crippen MR) is 75.0 cm³/mol. The van der Waals surface area contributed by atoms with E-state index in [1.165, 1.54) is 6.42 Å². The molecule has 2 aliphatic carbocycles. The Hall–Kier alpha value is -1.86. The molecule has 2 rings (SSSR count). The molecule has 6 nitrogen and oxygen atoms in total. The summed E-state index contributed by atoms with van der Waals surface area (Å²) in [7, 11) is 0. The topological polar surface area (TPSA) is 88.3 Å². The van der Waals surface area contributed by atoms with Crippen molar-refractivity contribution in [2.45, 2.75) is 32.1 Å². The van der Waals surface area contributed by atoms with Gasteiger partial charge in [-0.2, -0.15) is 0 Å². The average molecular weight is 289 g/mol. The second kappa shape index (κ2) is 7.24. The quantitative estimate of drug-likeness (QED) is 0.504. The molecule has 3 unspecified atom stereocenters.